The zero-order chi connectivity index (χ0) is 12.7. The van der Waals surface area contributed by atoms with E-state index in [4.69, 9.17) is 5.11 Å². The van der Waals surface area contributed by atoms with E-state index < -0.39 is 12.0 Å². The van der Waals surface area contributed by atoms with Crippen LogP contribution in [0, 0.1) is 4.91 Å². The molecule has 0 aromatic heterocycles. The molecule has 0 amide bonds. The van der Waals surface area contributed by atoms with Crippen molar-refractivity contribution in [3.63, 3.8) is 0 Å². The molecule has 0 bridgehead atoms. The standard InChI is InChI=1S/C12H16N2O3/c1-2-3-4-11(12(15)16)13-9-5-7-10(14-17)8-6-9/h5-8,11,13H,2-4H2,1H3,(H,15,16). The Morgan fingerprint density at radius 2 is 2.06 bits per heavy atom. The third-order valence-electron chi connectivity index (χ3n) is 2.46. The lowest BCUT2D eigenvalue weighted by Gasteiger charge is -2.15. The molecule has 0 saturated carbocycles. The van der Waals surface area contributed by atoms with Gasteiger partial charge in [-0.1, -0.05) is 19.8 Å². The Kier molecular flexibility index (Phi) is 5.13. The molecule has 0 aliphatic heterocycles. The number of unbranched alkanes of at least 4 members (excludes halogenated alkanes) is 1. The van der Waals surface area contributed by atoms with E-state index in [2.05, 4.69) is 10.5 Å². The molecular weight excluding hydrogens is 220 g/mol. The topological polar surface area (TPSA) is 78.8 Å². The number of nitroso groups, excluding NO2 is 1. The summed E-state index contributed by atoms with van der Waals surface area (Å²) in [7, 11) is 0. The number of rotatable bonds is 7. The van der Waals surface area contributed by atoms with Crippen molar-refractivity contribution in [1.29, 1.82) is 0 Å². The maximum Gasteiger partial charge on any atom is 0.326 e. The highest BCUT2D eigenvalue weighted by Gasteiger charge is 2.15. The summed E-state index contributed by atoms with van der Waals surface area (Å²) in [6.07, 6.45) is 2.40. The van der Waals surface area contributed by atoms with Gasteiger partial charge >= 0.3 is 5.97 Å². The summed E-state index contributed by atoms with van der Waals surface area (Å²) in [4.78, 5) is 21.2. The molecule has 1 atom stereocenters. The summed E-state index contributed by atoms with van der Waals surface area (Å²) < 4.78 is 0. The average Bonchev–Trinajstić information content (AvgIpc) is 2.35. The number of carboxylic acids is 1. The summed E-state index contributed by atoms with van der Waals surface area (Å²) in [6, 6.07) is 5.81. The molecule has 0 spiro atoms. The molecule has 0 radical (unpaired) electrons. The predicted molar refractivity (Wildman–Crippen MR) is 66.5 cm³/mol. The van der Waals surface area contributed by atoms with Gasteiger partial charge in [-0.2, -0.15) is 0 Å². The number of aliphatic carboxylic acids is 1. The molecule has 1 aromatic carbocycles. The van der Waals surface area contributed by atoms with Crippen LogP contribution in [0.4, 0.5) is 11.4 Å². The van der Waals surface area contributed by atoms with Gasteiger partial charge in [-0.15, -0.1) is 4.91 Å². The molecule has 1 unspecified atom stereocenters. The Hall–Kier alpha value is -1.91. The molecule has 1 aromatic rings. The van der Waals surface area contributed by atoms with Crippen LogP contribution in [-0.2, 0) is 4.79 Å². The minimum Gasteiger partial charge on any atom is -0.480 e. The number of carboxylic acid groups (broad SMARTS) is 1. The highest BCUT2D eigenvalue weighted by molar-refractivity contribution is 5.77. The largest absolute Gasteiger partial charge is 0.480 e. The SMILES string of the molecule is CCCCC(Nc1ccc(N=O)cc1)C(=O)O. The van der Waals surface area contributed by atoms with Crippen molar-refractivity contribution >= 4 is 17.3 Å². The fourth-order valence-electron chi connectivity index (χ4n) is 1.49. The van der Waals surface area contributed by atoms with E-state index >= 15 is 0 Å². The minimum atomic E-state index is -0.865. The molecule has 0 saturated heterocycles. The van der Waals surface area contributed by atoms with Crippen molar-refractivity contribution in [3.05, 3.63) is 29.2 Å². The number of nitrogens with one attached hydrogen (secondary N) is 1. The van der Waals surface area contributed by atoms with Crippen LogP contribution < -0.4 is 5.32 Å². The summed E-state index contributed by atoms with van der Waals surface area (Å²) >= 11 is 0. The van der Waals surface area contributed by atoms with Crippen LogP contribution in [0.3, 0.4) is 0 Å². The zero-order valence-electron chi connectivity index (χ0n) is 9.72. The van der Waals surface area contributed by atoms with Gasteiger partial charge in [-0.25, -0.2) is 4.79 Å². The van der Waals surface area contributed by atoms with Crippen molar-refractivity contribution in [2.24, 2.45) is 5.18 Å². The maximum absolute atomic E-state index is 11.0. The fraction of sp³-hybridized carbons (Fsp3) is 0.417. The molecule has 0 heterocycles. The van der Waals surface area contributed by atoms with Crippen molar-refractivity contribution in [2.75, 3.05) is 5.32 Å². The van der Waals surface area contributed by atoms with Gasteiger partial charge in [0.2, 0.25) is 0 Å². The molecule has 0 aliphatic carbocycles. The van der Waals surface area contributed by atoms with Crippen molar-refractivity contribution in [2.45, 2.75) is 32.2 Å². The molecule has 2 N–H and O–H groups in total. The first-order valence-corrected chi connectivity index (χ1v) is 5.60. The van der Waals surface area contributed by atoms with Crippen LogP contribution in [0.15, 0.2) is 29.4 Å². The van der Waals surface area contributed by atoms with Crippen LogP contribution in [0.25, 0.3) is 0 Å². The second-order valence-electron chi connectivity index (χ2n) is 3.82. The van der Waals surface area contributed by atoms with Gasteiger partial charge in [-0.3, -0.25) is 0 Å². The van der Waals surface area contributed by atoms with Crippen molar-refractivity contribution in [1.82, 2.24) is 0 Å². The van der Waals surface area contributed by atoms with Gasteiger partial charge < -0.3 is 10.4 Å². The highest BCUT2D eigenvalue weighted by Crippen LogP contribution is 2.17. The predicted octanol–water partition coefficient (Wildman–Crippen LogP) is 3.14. The third-order valence-corrected chi connectivity index (χ3v) is 2.46. The van der Waals surface area contributed by atoms with Gasteiger partial charge in [0.25, 0.3) is 0 Å². The normalized spacial score (nSPS) is 11.8. The first-order valence-electron chi connectivity index (χ1n) is 5.60. The Labute approximate surface area is 99.8 Å². The number of hydrogen-bond acceptors (Lipinski definition) is 4. The lowest BCUT2D eigenvalue weighted by atomic mass is 10.1. The molecule has 17 heavy (non-hydrogen) atoms. The van der Waals surface area contributed by atoms with E-state index in [1.54, 1.807) is 24.3 Å². The quantitative estimate of drug-likeness (QED) is 0.713. The second kappa shape index (κ2) is 6.62. The first kappa shape index (κ1) is 13.2. The number of anilines is 1. The summed E-state index contributed by atoms with van der Waals surface area (Å²) in [5.74, 6) is -0.865. The van der Waals surface area contributed by atoms with Crippen LogP contribution >= 0.6 is 0 Å². The Morgan fingerprint density at radius 3 is 2.53 bits per heavy atom. The van der Waals surface area contributed by atoms with E-state index in [0.717, 1.165) is 12.8 Å². The number of benzene rings is 1. The van der Waals surface area contributed by atoms with E-state index in [0.29, 0.717) is 17.8 Å². The smallest absolute Gasteiger partial charge is 0.326 e. The lowest BCUT2D eigenvalue weighted by molar-refractivity contribution is -0.138. The van der Waals surface area contributed by atoms with E-state index in [9.17, 15) is 9.70 Å². The van der Waals surface area contributed by atoms with Crippen LogP contribution in [0.1, 0.15) is 26.2 Å². The second-order valence-corrected chi connectivity index (χ2v) is 3.82. The average molecular weight is 236 g/mol. The molecule has 5 heteroatoms. The van der Waals surface area contributed by atoms with Gasteiger partial charge in [0.1, 0.15) is 11.7 Å². The number of carbonyl (C=O) groups is 1. The molecular formula is C12H16N2O3. The fourth-order valence-corrected chi connectivity index (χ4v) is 1.49. The first-order chi connectivity index (χ1) is 8.17. The maximum atomic E-state index is 11.0. The molecule has 5 nitrogen and oxygen atoms in total. The Balaban J connectivity index is 2.64. The van der Waals surface area contributed by atoms with Gasteiger partial charge in [0.05, 0.1) is 0 Å². The Morgan fingerprint density at radius 1 is 1.41 bits per heavy atom. The monoisotopic (exact) mass is 236 g/mol. The van der Waals surface area contributed by atoms with Crippen molar-refractivity contribution < 1.29 is 9.90 Å². The lowest BCUT2D eigenvalue weighted by Crippen LogP contribution is -2.29. The molecule has 0 fully saturated rings. The van der Waals surface area contributed by atoms with Gasteiger partial charge in [0, 0.05) is 5.69 Å². The van der Waals surface area contributed by atoms with E-state index in [1.807, 2.05) is 6.92 Å². The van der Waals surface area contributed by atoms with Crippen LogP contribution in [-0.4, -0.2) is 17.1 Å². The summed E-state index contributed by atoms with van der Waals surface area (Å²) in [5.41, 5.74) is 1.01. The van der Waals surface area contributed by atoms with E-state index in [1.165, 1.54) is 0 Å². The molecule has 1 rings (SSSR count). The number of nitrogens with zero attached hydrogens (tertiary/aromatic N) is 1. The summed E-state index contributed by atoms with van der Waals surface area (Å²) in [6.45, 7) is 2.02. The van der Waals surface area contributed by atoms with Crippen LogP contribution in [0.5, 0.6) is 0 Å². The molecule has 0 aliphatic rings. The third kappa shape index (κ3) is 4.22. The zero-order valence-corrected chi connectivity index (χ0v) is 9.72. The molecule has 92 valence electrons. The highest BCUT2D eigenvalue weighted by atomic mass is 16.4. The summed E-state index contributed by atoms with van der Waals surface area (Å²) in [5, 5.41) is 14.7. The Bertz CT molecular complexity index is 376. The van der Waals surface area contributed by atoms with Gasteiger partial charge in [-0.05, 0) is 35.9 Å². The number of hydrogen-bond donors (Lipinski definition) is 2. The van der Waals surface area contributed by atoms with E-state index in [-0.39, 0.29) is 0 Å². The van der Waals surface area contributed by atoms with Crippen molar-refractivity contribution in [3.8, 4) is 0 Å². The van der Waals surface area contributed by atoms with Gasteiger partial charge in [0.15, 0.2) is 0 Å². The minimum absolute atomic E-state index is 0.330. The van der Waals surface area contributed by atoms with Crippen LogP contribution in [0.2, 0.25) is 0 Å².